The highest BCUT2D eigenvalue weighted by atomic mass is 16.3. The fraction of sp³-hybridized carbons (Fsp3) is 0.533. The molecule has 0 aliphatic carbocycles. The van der Waals surface area contributed by atoms with Crippen LogP contribution in [0.5, 0.6) is 0 Å². The highest BCUT2D eigenvalue weighted by Crippen LogP contribution is 2.20. The number of aliphatic hydroxyl groups excluding tert-OH is 1. The Labute approximate surface area is 114 Å². The second kappa shape index (κ2) is 5.61. The lowest BCUT2D eigenvalue weighted by atomic mass is 10.0. The second-order valence-electron chi connectivity index (χ2n) is 5.01. The molecular weight excluding hydrogens is 240 g/mol. The second-order valence-corrected chi connectivity index (χ2v) is 5.01. The van der Waals surface area contributed by atoms with Gasteiger partial charge in [-0.2, -0.15) is 0 Å². The van der Waals surface area contributed by atoms with E-state index in [0.29, 0.717) is 12.0 Å². The molecule has 0 atom stereocenters. The normalized spacial score (nSPS) is 16.5. The van der Waals surface area contributed by atoms with Gasteiger partial charge in [-0.05, 0) is 30.7 Å². The lowest BCUT2D eigenvalue weighted by Gasteiger charge is -2.29. The lowest BCUT2D eigenvalue weighted by molar-refractivity contribution is 0.262. The molecule has 0 fully saturated rings. The van der Waals surface area contributed by atoms with Crippen molar-refractivity contribution in [2.24, 2.45) is 7.05 Å². The van der Waals surface area contributed by atoms with E-state index in [1.807, 2.05) is 13.0 Å². The maximum absolute atomic E-state index is 12.3. The van der Waals surface area contributed by atoms with Crippen molar-refractivity contribution in [3.63, 3.8) is 0 Å². The number of nitrogens with zero attached hydrogens (tertiary/aromatic N) is 2. The summed E-state index contributed by atoms with van der Waals surface area (Å²) in [6.07, 6.45) is 3.30. The standard InChI is InChI=1S/C15H22N2O2/c1-4-6-14(18)12-9-11-10-17(5-2)8-7-13(11)16(3)15(12)19/h6,9,18H,4-5,7-8,10H2,1-3H3/b14-6+. The van der Waals surface area contributed by atoms with Gasteiger partial charge in [0, 0.05) is 32.3 Å². The first kappa shape index (κ1) is 13.9. The molecule has 2 rings (SSSR count). The molecule has 0 saturated heterocycles. The molecule has 1 aromatic rings. The van der Waals surface area contributed by atoms with E-state index in [-0.39, 0.29) is 11.3 Å². The summed E-state index contributed by atoms with van der Waals surface area (Å²) in [7, 11) is 1.80. The number of aliphatic hydroxyl groups is 1. The third-order valence-electron chi connectivity index (χ3n) is 3.81. The highest BCUT2D eigenvalue weighted by Gasteiger charge is 2.20. The van der Waals surface area contributed by atoms with Crippen LogP contribution in [0.1, 0.15) is 37.1 Å². The van der Waals surface area contributed by atoms with E-state index in [2.05, 4.69) is 11.8 Å². The molecule has 104 valence electrons. The Morgan fingerprint density at radius 2 is 2.21 bits per heavy atom. The minimum absolute atomic E-state index is 0.0968. The van der Waals surface area contributed by atoms with Crippen LogP contribution in [-0.4, -0.2) is 27.7 Å². The zero-order valence-electron chi connectivity index (χ0n) is 11.9. The average Bonchev–Trinajstić information content (AvgIpc) is 2.42. The third-order valence-corrected chi connectivity index (χ3v) is 3.81. The van der Waals surface area contributed by atoms with Crippen LogP contribution >= 0.6 is 0 Å². The molecule has 0 unspecified atom stereocenters. The van der Waals surface area contributed by atoms with E-state index in [4.69, 9.17) is 0 Å². The molecule has 0 aromatic carbocycles. The zero-order valence-corrected chi connectivity index (χ0v) is 11.9. The van der Waals surface area contributed by atoms with Gasteiger partial charge in [-0.25, -0.2) is 0 Å². The van der Waals surface area contributed by atoms with Crippen molar-refractivity contribution < 1.29 is 5.11 Å². The SMILES string of the molecule is CC/C=C(/O)c1cc2c(n(C)c1=O)CCN(CC)C2. The van der Waals surface area contributed by atoms with Gasteiger partial charge in [-0.1, -0.05) is 13.8 Å². The van der Waals surface area contributed by atoms with E-state index in [9.17, 15) is 9.90 Å². The monoisotopic (exact) mass is 262 g/mol. The summed E-state index contributed by atoms with van der Waals surface area (Å²) in [5.74, 6) is 0.0968. The maximum Gasteiger partial charge on any atom is 0.261 e. The first-order valence-electron chi connectivity index (χ1n) is 6.92. The summed E-state index contributed by atoms with van der Waals surface area (Å²) < 4.78 is 1.69. The smallest absolute Gasteiger partial charge is 0.261 e. The number of fused-ring (bicyclic) bond motifs is 1. The fourth-order valence-corrected chi connectivity index (χ4v) is 2.64. The van der Waals surface area contributed by atoms with Gasteiger partial charge in [-0.15, -0.1) is 0 Å². The molecule has 1 aliphatic rings. The van der Waals surface area contributed by atoms with Gasteiger partial charge in [0.25, 0.3) is 5.56 Å². The Morgan fingerprint density at radius 1 is 1.47 bits per heavy atom. The largest absolute Gasteiger partial charge is 0.507 e. The number of likely N-dealkylation sites (N-methyl/N-ethyl adjacent to an activating group) is 1. The molecule has 4 heteroatoms. The highest BCUT2D eigenvalue weighted by molar-refractivity contribution is 5.58. The van der Waals surface area contributed by atoms with Crippen molar-refractivity contribution >= 4 is 5.76 Å². The van der Waals surface area contributed by atoms with E-state index < -0.39 is 0 Å². The summed E-state index contributed by atoms with van der Waals surface area (Å²) in [5.41, 5.74) is 2.57. The summed E-state index contributed by atoms with van der Waals surface area (Å²) in [4.78, 5) is 14.6. The van der Waals surface area contributed by atoms with Crippen LogP contribution in [0.2, 0.25) is 0 Å². The van der Waals surface area contributed by atoms with Crippen LogP contribution in [0.3, 0.4) is 0 Å². The summed E-state index contributed by atoms with van der Waals surface area (Å²) in [5, 5.41) is 9.98. The summed E-state index contributed by atoms with van der Waals surface area (Å²) >= 11 is 0. The quantitative estimate of drug-likeness (QED) is 0.848. The number of hydrogen-bond donors (Lipinski definition) is 1. The minimum atomic E-state index is -0.106. The number of hydrogen-bond acceptors (Lipinski definition) is 3. The fourth-order valence-electron chi connectivity index (χ4n) is 2.64. The van der Waals surface area contributed by atoms with Crippen LogP contribution < -0.4 is 5.56 Å². The van der Waals surface area contributed by atoms with Crippen LogP contribution in [0, 0.1) is 0 Å². The van der Waals surface area contributed by atoms with Gasteiger partial charge in [0.2, 0.25) is 0 Å². The van der Waals surface area contributed by atoms with Crippen molar-refractivity contribution in [1.29, 1.82) is 0 Å². The Morgan fingerprint density at radius 3 is 2.84 bits per heavy atom. The molecule has 0 saturated carbocycles. The minimum Gasteiger partial charge on any atom is -0.507 e. The van der Waals surface area contributed by atoms with Crippen molar-refractivity contribution in [3.8, 4) is 0 Å². The Hall–Kier alpha value is -1.55. The molecule has 19 heavy (non-hydrogen) atoms. The van der Waals surface area contributed by atoms with E-state index in [1.165, 1.54) is 0 Å². The van der Waals surface area contributed by atoms with Gasteiger partial charge in [0.15, 0.2) is 0 Å². The number of rotatable bonds is 3. The number of aromatic nitrogens is 1. The van der Waals surface area contributed by atoms with Gasteiger partial charge >= 0.3 is 0 Å². The van der Waals surface area contributed by atoms with Crippen molar-refractivity contribution in [2.45, 2.75) is 33.2 Å². The molecule has 0 radical (unpaired) electrons. The molecule has 1 aromatic heterocycles. The van der Waals surface area contributed by atoms with Gasteiger partial charge in [0.05, 0.1) is 5.56 Å². The van der Waals surface area contributed by atoms with E-state index in [1.54, 1.807) is 17.7 Å². The molecule has 4 nitrogen and oxygen atoms in total. The van der Waals surface area contributed by atoms with Crippen molar-refractivity contribution in [2.75, 3.05) is 13.1 Å². The van der Waals surface area contributed by atoms with Gasteiger partial charge in [0.1, 0.15) is 5.76 Å². The molecule has 2 heterocycles. The topological polar surface area (TPSA) is 45.5 Å². The molecule has 0 amide bonds. The Bertz CT molecular complexity index is 558. The van der Waals surface area contributed by atoms with Crippen LogP contribution in [0.15, 0.2) is 16.9 Å². The maximum atomic E-state index is 12.3. The van der Waals surface area contributed by atoms with E-state index >= 15 is 0 Å². The lowest BCUT2D eigenvalue weighted by Crippen LogP contribution is -2.35. The van der Waals surface area contributed by atoms with Gasteiger partial charge in [-0.3, -0.25) is 9.69 Å². The summed E-state index contributed by atoms with van der Waals surface area (Å²) in [6, 6.07) is 1.86. The number of pyridine rings is 1. The number of allylic oxidation sites excluding steroid dienone is 1. The molecule has 1 N–H and O–H groups in total. The zero-order chi connectivity index (χ0) is 14.0. The molecular formula is C15H22N2O2. The van der Waals surface area contributed by atoms with Crippen molar-refractivity contribution in [1.82, 2.24) is 9.47 Å². The predicted octanol–water partition coefficient (Wildman–Crippen LogP) is 2.07. The average molecular weight is 262 g/mol. The predicted molar refractivity (Wildman–Crippen MR) is 77.2 cm³/mol. The first-order valence-corrected chi connectivity index (χ1v) is 6.92. The Balaban J connectivity index is 2.52. The van der Waals surface area contributed by atoms with E-state index in [0.717, 1.165) is 37.3 Å². The molecule has 0 bridgehead atoms. The van der Waals surface area contributed by atoms with Crippen molar-refractivity contribution in [3.05, 3.63) is 39.3 Å². The molecule has 0 spiro atoms. The molecule has 1 aliphatic heterocycles. The third kappa shape index (κ3) is 2.59. The van der Waals surface area contributed by atoms with Crippen LogP contribution in [0.25, 0.3) is 5.76 Å². The van der Waals surface area contributed by atoms with Gasteiger partial charge < -0.3 is 9.67 Å². The first-order chi connectivity index (χ1) is 9.08. The van der Waals surface area contributed by atoms with Crippen LogP contribution in [-0.2, 0) is 20.0 Å². The van der Waals surface area contributed by atoms with Crippen LogP contribution in [0.4, 0.5) is 0 Å². The Kier molecular flexibility index (Phi) is 4.10. The summed E-state index contributed by atoms with van der Waals surface area (Å²) in [6.45, 7) is 6.94.